The smallest absolute Gasteiger partial charge is 0.240 e. The highest BCUT2D eigenvalue weighted by Crippen LogP contribution is 2.12. The van der Waals surface area contributed by atoms with Crippen molar-refractivity contribution < 1.29 is 4.79 Å². The van der Waals surface area contributed by atoms with Gasteiger partial charge in [0.25, 0.3) is 0 Å². The molecule has 21 heavy (non-hydrogen) atoms. The SMILES string of the molecule is CN(Cc1ccccc1)C(=O)C(C#N)Cc1ccccc1. The third-order valence-corrected chi connectivity index (χ3v) is 3.38. The summed E-state index contributed by atoms with van der Waals surface area (Å²) in [6, 6.07) is 21.5. The zero-order valence-corrected chi connectivity index (χ0v) is 12.1. The average Bonchev–Trinajstić information content (AvgIpc) is 2.54. The molecule has 0 fully saturated rings. The van der Waals surface area contributed by atoms with Gasteiger partial charge in [0, 0.05) is 13.6 Å². The molecule has 2 aromatic carbocycles. The van der Waals surface area contributed by atoms with Crippen molar-refractivity contribution in [3.8, 4) is 6.07 Å². The van der Waals surface area contributed by atoms with E-state index in [2.05, 4.69) is 6.07 Å². The first-order chi connectivity index (χ1) is 10.2. The molecule has 0 aliphatic carbocycles. The zero-order chi connectivity index (χ0) is 15.1. The third kappa shape index (κ3) is 4.19. The highest BCUT2D eigenvalue weighted by atomic mass is 16.2. The molecule has 0 aliphatic heterocycles. The number of rotatable bonds is 5. The van der Waals surface area contributed by atoms with Crippen LogP contribution in [0.15, 0.2) is 60.7 Å². The molecular weight excluding hydrogens is 260 g/mol. The summed E-state index contributed by atoms with van der Waals surface area (Å²) < 4.78 is 0. The first-order valence-electron chi connectivity index (χ1n) is 6.93. The topological polar surface area (TPSA) is 44.1 Å². The van der Waals surface area contributed by atoms with Gasteiger partial charge in [-0.05, 0) is 17.5 Å². The molecule has 0 radical (unpaired) electrons. The number of hydrogen-bond acceptors (Lipinski definition) is 2. The van der Waals surface area contributed by atoms with E-state index in [-0.39, 0.29) is 5.91 Å². The van der Waals surface area contributed by atoms with Gasteiger partial charge in [0.2, 0.25) is 5.91 Å². The predicted molar refractivity (Wildman–Crippen MR) is 82.2 cm³/mol. The van der Waals surface area contributed by atoms with Crippen molar-refractivity contribution >= 4 is 5.91 Å². The van der Waals surface area contributed by atoms with E-state index in [1.165, 1.54) is 0 Å². The molecule has 0 saturated carbocycles. The van der Waals surface area contributed by atoms with E-state index in [9.17, 15) is 10.1 Å². The van der Waals surface area contributed by atoms with E-state index in [4.69, 9.17) is 0 Å². The van der Waals surface area contributed by atoms with Crippen molar-refractivity contribution in [3.63, 3.8) is 0 Å². The number of nitriles is 1. The van der Waals surface area contributed by atoms with Crippen LogP contribution >= 0.6 is 0 Å². The standard InChI is InChI=1S/C18H18N2O/c1-20(14-16-10-6-3-7-11-16)18(21)17(13-19)12-15-8-4-2-5-9-15/h2-11,17H,12,14H2,1H3. The van der Waals surface area contributed by atoms with E-state index in [1.54, 1.807) is 11.9 Å². The molecule has 1 atom stereocenters. The number of carbonyl (C=O) groups is 1. The summed E-state index contributed by atoms with van der Waals surface area (Å²) in [7, 11) is 1.74. The van der Waals surface area contributed by atoms with Gasteiger partial charge in [-0.2, -0.15) is 5.26 Å². The van der Waals surface area contributed by atoms with Crippen LogP contribution in [-0.2, 0) is 17.8 Å². The molecule has 1 unspecified atom stereocenters. The highest BCUT2D eigenvalue weighted by Gasteiger charge is 2.22. The Morgan fingerprint density at radius 1 is 1.05 bits per heavy atom. The van der Waals surface area contributed by atoms with E-state index in [0.717, 1.165) is 11.1 Å². The van der Waals surface area contributed by atoms with Gasteiger partial charge in [0.1, 0.15) is 5.92 Å². The summed E-state index contributed by atoms with van der Waals surface area (Å²) in [6.07, 6.45) is 0.454. The molecule has 0 aromatic heterocycles. The van der Waals surface area contributed by atoms with Crippen LogP contribution in [0.25, 0.3) is 0 Å². The minimum absolute atomic E-state index is 0.134. The lowest BCUT2D eigenvalue weighted by molar-refractivity contribution is -0.132. The molecule has 0 N–H and O–H groups in total. The summed E-state index contributed by atoms with van der Waals surface area (Å²) in [6.45, 7) is 0.520. The Kier molecular flexibility index (Phi) is 5.11. The number of nitrogens with zero attached hydrogens (tertiary/aromatic N) is 2. The van der Waals surface area contributed by atoms with E-state index >= 15 is 0 Å². The largest absolute Gasteiger partial charge is 0.340 e. The molecule has 2 rings (SSSR count). The molecule has 0 heterocycles. The fraction of sp³-hybridized carbons (Fsp3) is 0.222. The van der Waals surface area contributed by atoms with Crippen LogP contribution in [0.4, 0.5) is 0 Å². The molecular formula is C18H18N2O. The van der Waals surface area contributed by atoms with Crippen LogP contribution in [0, 0.1) is 17.2 Å². The Hall–Kier alpha value is -2.60. The first-order valence-corrected chi connectivity index (χ1v) is 6.93. The Bertz CT molecular complexity index is 617. The van der Waals surface area contributed by atoms with Gasteiger partial charge in [-0.25, -0.2) is 0 Å². The lowest BCUT2D eigenvalue weighted by Gasteiger charge is -2.20. The van der Waals surface area contributed by atoms with Crippen molar-refractivity contribution in [3.05, 3.63) is 71.8 Å². The summed E-state index contributed by atoms with van der Waals surface area (Å²) >= 11 is 0. The van der Waals surface area contributed by atoms with Gasteiger partial charge in [-0.15, -0.1) is 0 Å². The number of hydrogen-bond donors (Lipinski definition) is 0. The minimum atomic E-state index is -0.638. The van der Waals surface area contributed by atoms with Crippen molar-refractivity contribution in [2.24, 2.45) is 5.92 Å². The Balaban J connectivity index is 2.01. The average molecular weight is 278 g/mol. The van der Waals surface area contributed by atoms with Crippen molar-refractivity contribution in [1.29, 1.82) is 5.26 Å². The number of benzene rings is 2. The molecule has 3 heteroatoms. The summed E-state index contributed by atoms with van der Waals surface area (Å²) in [5.41, 5.74) is 2.07. The summed E-state index contributed by atoms with van der Waals surface area (Å²) in [4.78, 5) is 14.0. The third-order valence-electron chi connectivity index (χ3n) is 3.38. The van der Waals surface area contributed by atoms with E-state index in [0.29, 0.717) is 13.0 Å². The molecule has 0 bridgehead atoms. The van der Waals surface area contributed by atoms with Gasteiger partial charge in [-0.3, -0.25) is 4.79 Å². The molecule has 3 nitrogen and oxygen atoms in total. The van der Waals surface area contributed by atoms with Crippen LogP contribution in [0.5, 0.6) is 0 Å². The fourth-order valence-electron chi connectivity index (χ4n) is 2.24. The van der Waals surface area contributed by atoms with Gasteiger partial charge in [0.05, 0.1) is 6.07 Å². The van der Waals surface area contributed by atoms with Crippen LogP contribution in [-0.4, -0.2) is 17.9 Å². The van der Waals surface area contributed by atoms with Crippen LogP contribution in [0.1, 0.15) is 11.1 Å². The van der Waals surface area contributed by atoms with Crippen LogP contribution < -0.4 is 0 Å². The second-order valence-electron chi connectivity index (χ2n) is 5.05. The molecule has 106 valence electrons. The lowest BCUT2D eigenvalue weighted by atomic mass is 9.99. The minimum Gasteiger partial charge on any atom is -0.340 e. The maximum atomic E-state index is 12.4. The monoisotopic (exact) mass is 278 g/mol. The van der Waals surface area contributed by atoms with Gasteiger partial charge in [0.15, 0.2) is 0 Å². The highest BCUT2D eigenvalue weighted by molar-refractivity contribution is 5.81. The van der Waals surface area contributed by atoms with E-state index < -0.39 is 5.92 Å². The summed E-state index contributed by atoms with van der Waals surface area (Å²) in [5, 5.41) is 9.28. The molecule has 0 spiro atoms. The second kappa shape index (κ2) is 7.25. The fourth-order valence-corrected chi connectivity index (χ4v) is 2.24. The Labute approximate surface area is 125 Å². The normalized spacial score (nSPS) is 11.4. The van der Waals surface area contributed by atoms with Crippen molar-refractivity contribution in [1.82, 2.24) is 4.90 Å². The van der Waals surface area contributed by atoms with Crippen molar-refractivity contribution in [2.45, 2.75) is 13.0 Å². The number of amides is 1. The second-order valence-corrected chi connectivity index (χ2v) is 5.05. The van der Waals surface area contributed by atoms with Gasteiger partial charge < -0.3 is 4.90 Å². The Morgan fingerprint density at radius 3 is 2.10 bits per heavy atom. The molecule has 1 amide bonds. The Morgan fingerprint density at radius 2 is 1.57 bits per heavy atom. The maximum absolute atomic E-state index is 12.4. The molecule has 0 saturated heterocycles. The first kappa shape index (κ1) is 14.8. The van der Waals surface area contributed by atoms with Crippen LogP contribution in [0.3, 0.4) is 0 Å². The van der Waals surface area contributed by atoms with Crippen LogP contribution in [0.2, 0.25) is 0 Å². The number of carbonyl (C=O) groups excluding carboxylic acids is 1. The molecule has 0 aliphatic rings. The predicted octanol–water partition coefficient (Wildman–Crippen LogP) is 3.03. The summed E-state index contributed by atoms with van der Waals surface area (Å²) in [5.74, 6) is -0.772. The van der Waals surface area contributed by atoms with E-state index in [1.807, 2.05) is 60.7 Å². The van der Waals surface area contributed by atoms with Crippen molar-refractivity contribution in [2.75, 3.05) is 7.05 Å². The van der Waals surface area contributed by atoms with Gasteiger partial charge >= 0.3 is 0 Å². The van der Waals surface area contributed by atoms with Gasteiger partial charge in [-0.1, -0.05) is 60.7 Å². The zero-order valence-electron chi connectivity index (χ0n) is 12.1. The quantitative estimate of drug-likeness (QED) is 0.843. The molecule has 2 aromatic rings. The lowest BCUT2D eigenvalue weighted by Crippen LogP contribution is -2.32. The maximum Gasteiger partial charge on any atom is 0.240 e.